The van der Waals surface area contributed by atoms with Gasteiger partial charge in [-0.25, -0.2) is 4.79 Å². The van der Waals surface area contributed by atoms with Crippen molar-refractivity contribution in [3.05, 3.63) is 54.5 Å². The molecule has 1 heterocycles. The van der Waals surface area contributed by atoms with Gasteiger partial charge in [0.1, 0.15) is 12.4 Å². The second-order valence-electron chi connectivity index (χ2n) is 4.37. The van der Waals surface area contributed by atoms with Crippen LogP contribution in [0.3, 0.4) is 0 Å². The maximum atomic E-state index is 11.5. The van der Waals surface area contributed by atoms with Gasteiger partial charge in [-0.1, -0.05) is 18.2 Å². The van der Waals surface area contributed by atoms with Crippen LogP contribution in [0.2, 0.25) is 0 Å². The molecule has 6 nitrogen and oxygen atoms in total. The van der Waals surface area contributed by atoms with Gasteiger partial charge in [-0.05, 0) is 18.2 Å². The number of rotatable bonds is 7. The summed E-state index contributed by atoms with van der Waals surface area (Å²) in [5.41, 5.74) is 0.628. The van der Waals surface area contributed by atoms with Crippen molar-refractivity contribution in [1.29, 1.82) is 0 Å². The molecule has 0 spiro atoms. The Morgan fingerprint density at radius 3 is 2.76 bits per heavy atom. The number of carbonyl (C=O) groups is 1. The molecule has 0 saturated heterocycles. The fourth-order valence-corrected chi connectivity index (χ4v) is 1.68. The molecule has 112 valence electrons. The van der Waals surface area contributed by atoms with E-state index in [1.807, 2.05) is 30.3 Å². The fraction of sp³-hybridized carbons (Fsp3) is 0.267. The first kappa shape index (κ1) is 14.9. The average Bonchev–Trinajstić information content (AvgIpc) is 3.05. The van der Waals surface area contributed by atoms with Gasteiger partial charge in [-0.3, -0.25) is 0 Å². The molecule has 2 rings (SSSR count). The van der Waals surface area contributed by atoms with Crippen molar-refractivity contribution in [3.8, 4) is 5.75 Å². The van der Waals surface area contributed by atoms with E-state index in [-0.39, 0.29) is 12.6 Å². The van der Waals surface area contributed by atoms with Crippen molar-refractivity contribution < 1.29 is 19.1 Å². The number of ether oxygens (including phenoxy) is 1. The van der Waals surface area contributed by atoms with Crippen LogP contribution < -0.4 is 15.4 Å². The minimum Gasteiger partial charge on any atom is -0.492 e. The Bertz CT molecular complexity index is 528. The molecule has 3 N–H and O–H groups in total. The predicted molar refractivity (Wildman–Crippen MR) is 77.0 cm³/mol. The Kier molecular flexibility index (Phi) is 5.66. The third-order valence-electron chi connectivity index (χ3n) is 2.78. The summed E-state index contributed by atoms with van der Waals surface area (Å²) in [6.45, 7) is 0.870. The number of benzene rings is 1. The molecule has 6 heteroatoms. The summed E-state index contributed by atoms with van der Waals surface area (Å²) in [5, 5.41) is 15.0. The Labute approximate surface area is 122 Å². The number of hydrogen-bond acceptors (Lipinski definition) is 4. The molecule has 0 fully saturated rings. The topological polar surface area (TPSA) is 83.7 Å². The van der Waals surface area contributed by atoms with E-state index in [1.165, 1.54) is 12.5 Å². The molecule has 0 saturated carbocycles. The van der Waals surface area contributed by atoms with Gasteiger partial charge in [0.05, 0.1) is 25.2 Å². The zero-order valence-electron chi connectivity index (χ0n) is 11.5. The lowest BCUT2D eigenvalue weighted by Crippen LogP contribution is -2.39. The van der Waals surface area contributed by atoms with Gasteiger partial charge in [-0.2, -0.15) is 0 Å². The molecule has 1 unspecified atom stereocenters. The standard InChI is InChI=1S/C15H18N2O4/c18-14(12-6-8-20-11-12)10-17-15(19)16-7-9-21-13-4-2-1-3-5-13/h1-6,8,11,14,18H,7,9-10H2,(H2,16,17,19). The molecule has 1 aromatic carbocycles. The summed E-state index contributed by atoms with van der Waals surface area (Å²) in [7, 11) is 0. The third-order valence-corrected chi connectivity index (χ3v) is 2.78. The number of aliphatic hydroxyl groups is 1. The van der Waals surface area contributed by atoms with Crippen molar-refractivity contribution >= 4 is 6.03 Å². The van der Waals surface area contributed by atoms with Gasteiger partial charge >= 0.3 is 6.03 Å². The quantitative estimate of drug-likeness (QED) is 0.678. The number of urea groups is 1. The first-order chi connectivity index (χ1) is 10.3. The van der Waals surface area contributed by atoms with E-state index in [1.54, 1.807) is 6.07 Å². The lowest BCUT2D eigenvalue weighted by molar-refractivity contribution is 0.172. The Hall–Kier alpha value is -2.47. The first-order valence-corrected chi connectivity index (χ1v) is 6.65. The van der Waals surface area contributed by atoms with Crippen molar-refractivity contribution in [1.82, 2.24) is 10.6 Å². The van der Waals surface area contributed by atoms with Gasteiger partial charge < -0.3 is 24.9 Å². The Morgan fingerprint density at radius 2 is 2.05 bits per heavy atom. The lowest BCUT2D eigenvalue weighted by Gasteiger charge is -2.11. The zero-order chi connectivity index (χ0) is 14.9. The molecular weight excluding hydrogens is 272 g/mol. The van der Waals surface area contributed by atoms with Crippen molar-refractivity contribution in [2.75, 3.05) is 19.7 Å². The number of amides is 2. The van der Waals surface area contributed by atoms with Crippen LogP contribution >= 0.6 is 0 Å². The number of nitrogens with one attached hydrogen (secondary N) is 2. The van der Waals surface area contributed by atoms with Crippen molar-refractivity contribution in [2.24, 2.45) is 0 Å². The summed E-state index contributed by atoms with van der Waals surface area (Å²) in [6, 6.07) is 10.7. The van der Waals surface area contributed by atoms with Crippen molar-refractivity contribution in [2.45, 2.75) is 6.10 Å². The van der Waals surface area contributed by atoms with E-state index < -0.39 is 6.10 Å². The number of para-hydroxylation sites is 1. The largest absolute Gasteiger partial charge is 0.492 e. The molecule has 0 bridgehead atoms. The van der Waals surface area contributed by atoms with Gasteiger partial charge in [0, 0.05) is 12.1 Å². The second-order valence-corrected chi connectivity index (χ2v) is 4.37. The molecule has 0 aliphatic heterocycles. The summed E-state index contributed by atoms with van der Waals surface area (Å²) in [5.74, 6) is 0.759. The highest BCUT2D eigenvalue weighted by molar-refractivity contribution is 5.73. The fourth-order valence-electron chi connectivity index (χ4n) is 1.68. The predicted octanol–water partition coefficient (Wildman–Crippen LogP) is 1.69. The minimum atomic E-state index is -0.782. The second kappa shape index (κ2) is 7.96. The SMILES string of the molecule is O=C(NCCOc1ccccc1)NCC(O)c1ccoc1. The van der Waals surface area contributed by atoms with E-state index >= 15 is 0 Å². The molecule has 21 heavy (non-hydrogen) atoms. The van der Waals surface area contributed by atoms with Crippen LogP contribution in [0.15, 0.2) is 53.3 Å². The minimum absolute atomic E-state index is 0.116. The lowest BCUT2D eigenvalue weighted by atomic mass is 10.2. The van der Waals surface area contributed by atoms with Crippen LogP contribution in [0, 0.1) is 0 Å². The van der Waals surface area contributed by atoms with Crippen LogP contribution in [0.25, 0.3) is 0 Å². The molecular formula is C15H18N2O4. The molecule has 1 atom stereocenters. The molecule has 0 aliphatic rings. The highest BCUT2D eigenvalue weighted by Gasteiger charge is 2.10. The van der Waals surface area contributed by atoms with Crippen LogP contribution in [0.4, 0.5) is 4.79 Å². The number of hydrogen-bond donors (Lipinski definition) is 3. The van der Waals surface area contributed by atoms with Crippen molar-refractivity contribution in [3.63, 3.8) is 0 Å². The van der Waals surface area contributed by atoms with Gasteiger partial charge in [0.2, 0.25) is 0 Å². The van der Waals surface area contributed by atoms with E-state index in [4.69, 9.17) is 9.15 Å². The van der Waals surface area contributed by atoms with Gasteiger partial charge in [-0.15, -0.1) is 0 Å². The number of carbonyl (C=O) groups excluding carboxylic acids is 1. The number of aliphatic hydroxyl groups excluding tert-OH is 1. The summed E-state index contributed by atoms with van der Waals surface area (Å²) in [4.78, 5) is 11.5. The van der Waals surface area contributed by atoms with E-state index in [2.05, 4.69) is 10.6 Å². The normalized spacial score (nSPS) is 11.7. The first-order valence-electron chi connectivity index (χ1n) is 6.65. The average molecular weight is 290 g/mol. The highest BCUT2D eigenvalue weighted by Crippen LogP contribution is 2.11. The molecule has 1 aromatic heterocycles. The van der Waals surface area contributed by atoms with Crippen LogP contribution in [0.1, 0.15) is 11.7 Å². The van der Waals surface area contributed by atoms with E-state index in [0.717, 1.165) is 5.75 Å². The molecule has 2 amide bonds. The summed E-state index contributed by atoms with van der Waals surface area (Å²) in [6.07, 6.45) is 2.13. The monoisotopic (exact) mass is 290 g/mol. The number of furan rings is 1. The summed E-state index contributed by atoms with van der Waals surface area (Å²) < 4.78 is 10.3. The molecule has 0 radical (unpaired) electrons. The maximum absolute atomic E-state index is 11.5. The maximum Gasteiger partial charge on any atom is 0.315 e. The molecule has 0 aliphatic carbocycles. The van der Waals surface area contributed by atoms with Crippen LogP contribution in [-0.4, -0.2) is 30.8 Å². The smallest absolute Gasteiger partial charge is 0.315 e. The Morgan fingerprint density at radius 1 is 1.24 bits per heavy atom. The molecule has 2 aromatic rings. The van der Waals surface area contributed by atoms with Gasteiger partial charge in [0.25, 0.3) is 0 Å². The van der Waals surface area contributed by atoms with Gasteiger partial charge in [0.15, 0.2) is 0 Å². The van der Waals surface area contributed by atoms with Crippen LogP contribution in [-0.2, 0) is 0 Å². The Balaban J connectivity index is 1.57. The summed E-state index contributed by atoms with van der Waals surface area (Å²) >= 11 is 0. The third kappa shape index (κ3) is 5.19. The highest BCUT2D eigenvalue weighted by atomic mass is 16.5. The van der Waals surface area contributed by atoms with E-state index in [9.17, 15) is 9.90 Å². The van der Waals surface area contributed by atoms with E-state index in [0.29, 0.717) is 18.7 Å². The zero-order valence-corrected chi connectivity index (χ0v) is 11.5. The van der Waals surface area contributed by atoms with Crippen LogP contribution in [0.5, 0.6) is 5.75 Å².